The lowest BCUT2D eigenvalue weighted by Gasteiger charge is -2.22. The van der Waals surface area contributed by atoms with E-state index in [1.807, 2.05) is 22.6 Å². The van der Waals surface area contributed by atoms with Crippen LogP contribution in [-0.2, 0) is 11.0 Å². The highest BCUT2D eigenvalue weighted by atomic mass is 127. The lowest BCUT2D eigenvalue weighted by Crippen LogP contribution is -2.31. The molecule has 2 aromatic rings. The molecule has 4 nitrogen and oxygen atoms in total. The Morgan fingerprint density at radius 1 is 1.28 bits per heavy atom. The zero-order valence-corrected chi connectivity index (χ0v) is 16.1. The number of ether oxygens (including phenoxy) is 1. The number of aliphatic carboxylic acids is 1. The van der Waals surface area contributed by atoms with Crippen molar-refractivity contribution in [1.29, 1.82) is 0 Å². The van der Waals surface area contributed by atoms with Crippen LogP contribution in [0.2, 0.25) is 0 Å². The van der Waals surface area contributed by atoms with Crippen LogP contribution in [0.4, 0.5) is 13.2 Å². The summed E-state index contributed by atoms with van der Waals surface area (Å²) in [5.41, 5.74) is -0.487. The first-order chi connectivity index (χ1) is 11.6. The molecule has 0 unspecified atom stereocenters. The Hall–Kier alpha value is -1.62. The molecule has 0 aromatic heterocycles. The van der Waals surface area contributed by atoms with Crippen LogP contribution in [0.25, 0.3) is 10.8 Å². The average molecular weight is 483 g/mol. The minimum Gasteiger partial charge on any atom is -0.496 e. The number of halogens is 4. The van der Waals surface area contributed by atoms with E-state index in [0.29, 0.717) is 14.5 Å². The van der Waals surface area contributed by atoms with Gasteiger partial charge in [-0.15, -0.1) is 0 Å². The molecule has 0 aliphatic heterocycles. The normalized spacial score (nSPS) is 11.4. The Morgan fingerprint density at radius 3 is 2.40 bits per heavy atom. The number of nitrogens with zero attached hydrogens (tertiary/aromatic N) is 1. The van der Waals surface area contributed by atoms with Crippen molar-refractivity contribution in [2.75, 3.05) is 20.7 Å². The molecule has 25 heavy (non-hydrogen) atoms. The minimum atomic E-state index is -4.61. The fourth-order valence-electron chi connectivity index (χ4n) is 2.50. The molecule has 0 aliphatic rings. The molecule has 0 fully saturated rings. The van der Waals surface area contributed by atoms with Crippen molar-refractivity contribution in [2.45, 2.75) is 6.18 Å². The molecule has 0 amide bonds. The SMILES string of the molecule is COc1ccc2c(C(=S)N(C)CC(=O)O)c(I)ccc2c1C(F)(F)F. The molecule has 1 N–H and O–H groups in total. The van der Waals surface area contributed by atoms with Gasteiger partial charge in [0.15, 0.2) is 0 Å². The highest BCUT2D eigenvalue weighted by Crippen LogP contribution is 2.42. The van der Waals surface area contributed by atoms with Gasteiger partial charge in [-0.3, -0.25) is 4.79 Å². The van der Waals surface area contributed by atoms with Gasteiger partial charge in [-0.2, -0.15) is 13.2 Å². The topological polar surface area (TPSA) is 49.8 Å². The molecule has 0 radical (unpaired) electrons. The molecule has 2 aromatic carbocycles. The number of rotatable bonds is 4. The Kier molecular flexibility index (Phi) is 5.77. The van der Waals surface area contributed by atoms with Gasteiger partial charge in [0.25, 0.3) is 0 Å². The number of carboxylic acids is 1. The fraction of sp³-hybridized carbons (Fsp3) is 0.250. The summed E-state index contributed by atoms with van der Waals surface area (Å²) >= 11 is 7.29. The van der Waals surface area contributed by atoms with Gasteiger partial charge in [0.2, 0.25) is 0 Å². The van der Waals surface area contributed by atoms with Gasteiger partial charge in [0.1, 0.15) is 22.8 Å². The summed E-state index contributed by atoms with van der Waals surface area (Å²) in [5.74, 6) is -1.37. The quantitative estimate of drug-likeness (QED) is 0.523. The summed E-state index contributed by atoms with van der Waals surface area (Å²) in [7, 11) is 2.66. The van der Waals surface area contributed by atoms with Gasteiger partial charge in [-0.1, -0.05) is 18.3 Å². The second kappa shape index (κ2) is 7.32. The smallest absolute Gasteiger partial charge is 0.420 e. The van der Waals surface area contributed by atoms with Gasteiger partial charge < -0.3 is 14.7 Å². The molecule has 0 saturated carbocycles. The molecule has 134 valence electrons. The van der Waals surface area contributed by atoms with Crippen molar-refractivity contribution in [3.8, 4) is 5.75 Å². The summed E-state index contributed by atoms with van der Waals surface area (Å²) in [6.07, 6.45) is -4.61. The fourth-order valence-corrected chi connectivity index (χ4v) is 3.70. The molecular formula is C16H13F3INO3S. The Balaban J connectivity index is 2.76. The number of hydrogen-bond donors (Lipinski definition) is 1. The van der Waals surface area contributed by atoms with E-state index < -0.39 is 17.7 Å². The molecule has 9 heteroatoms. The first-order valence-electron chi connectivity index (χ1n) is 6.91. The minimum absolute atomic E-state index is 0.0478. The molecule has 0 heterocycles. The third-order valence-electron chi connectivity index (χ3n) is 3.55. The lowest BCUT2D eigenvalue weighted by atomic mass is 9.98. The zero-order valence-electron chi connectivity index (χ0n) is 13.1. The maximum absolute atomic E-state index is 13.5. The van der Waals surface area contributed by atoms with E-state index in [9.17, 15) is 18.0 Å². The number of methoxy groups -OCH3 is 1. The molecule has 2 rings (SSSR count). The first kappa shape index (κ1) is 19.7. The van der Waals surface area contributed by atoms with Crippen molar-refractivity contribution in [3.05, 3.63) is 39.0 Å². The third-order valence-corrected chi connectivity index (χ3v) is 4.96. The summed E-state index contributed by atoms with van der Waals surface area (Å²) in [6.45, 7) is -0.354. The van der Waals surface area contributed by atoms with Crippen LogP contribution in [-0.4, -0.2) is 41.7 Å². The van der Waals surface area contributed by atoms with Crippen LogP contribution in [0.3, 0.4) is 0 Å². The number of hydrogen-bond acceptors (Lipinski definition) is 3. The van der Waals surface area contributed by atoms with Crippen LogP contribution >= 0.6 is 34.8 Å². The van der Waals surface area contributed by atoms with Crippen LogP contribution in [0, 0.1) is 3.57 Å². The van der Waals surface area contributed by atoms with Gasteiger partial charge in [0.05, 0.1) is 7.11 Å². The van der Waals surface area contributed by atoms with Gasteiger partial charge in [-0.25, -0.2) is 0 Å². The number of carboxylic acid groups (broad SMARTS) is 1. The van der Waals surface area contributed by atoms with E-state index in [0.717, 1.165) is 0 Å². The van der Waals surface area contributed by atoms with Crippen LogP contribution < -0.4 is 4.74 Å². The van der Waals surface area contributed by atoms with E-state index in [1.54, 1.807) is 0 Å². The molecular weight excluding hydrogens is 470 g/mol. The maximum Gasteiger partial charge on any atom is 0.420 e. The summed E-state index contributed by atoms with van der Waals surface area (Å²) in [4.78, 5) is 12.4. The zero-order chi connectivity index (χ0) is 18.9. The third kappa shape index (κ3) is 3.97. The Bertz CT molecular complexity index is 855. The molecule has 0 saturated heterocycles. The second-order valence-corrected chi connectivity index (χ2v) is 6.76. The van der Waals surface area contributed by atoms with Crippen molar-refractivity contribution in [3.63, 3.8) is 0 Å². The number of benzene rings is 2. The van der Waals surface area contributed by atoms with Gasteiger partial charge >= 0.3 is 12.1 Å². The number of carbonyl (C=O) groups is 1. The largest absolute Gasteiger partial charge is 0.496 e. The summed E-state index contributed by atoms with van der Waals surface area (Å²) in [5, 5.41) is 9.16. The average Bonchev–Trinajstić information content (AvgIpc) is 2.51. The molecule has 0 spiro atoms. The predicted octanol–water partition coefficient (Wildman–Crippen LogP) is 4.16. The van der Waals surface area contributed by atoms with Crippen LogP contribution in [0.5, 0.6) is 5.75 Å². The van der Waals surface area contributed by atoms with Crippen LogP contribution in [0.15, 0.2) is 24.3 Å². The highest BCUT2D eigenvalue weighted by Gasteiger charge is 2.37. The summed E-state index contributed by atoms with van der Waals surface area (Å²) < 4.78 is 46.1. The van der Waals surface area contributed by atoms with E-state index >= 15 is 0 Å². The van der Waals surface area contributed by atoms with Crippen molar-refractivity contribution >= 4 is 56.5 Å². The highest BCUT2D eigenvalue weighted by molar-refractivity contribution is 14.1. The van der Waals surface area contributed by atoms with Gasteiger partial charge in [-0.05, 0) is 51.6 Å². The molecule has 0 atom stereocenters. The van der Waals surface area contributed by atoms with Crippen molar-refractivity contribution in [2.24, 2.45) is 0 Å². The standard InChI is InChI=1S/C16H13F3INO3S/c1-21(7-12(22)23)15(25)13-8-4-6-11(24-2)14(16(17,18)19)9(8)3-5-10(13)20/h3-6H,7H2,1-2H3,(H,22,23). The number of thiocarbonyl (C=S) groups is 1. The Morgan fingerprint density at radius 2 is 1.88 bits per heavy atom. The molecule has 0 aliphatic carbocycles. The van der Waals surface area contributed by atoms with Crippen LogP contribution in [0.1, 0.15) is 11.1 Å². The number of likely N-dealkylation sites (N-methyl/N-ethyl adjacent to an activating group) is 1. The Labute approximate surface area is 160 Å². The lowest BCUT2D eigenvalue weighted by molar-refractivity contribution is -0.138. The van der Waals surface area contributed by atoms with E-state index in [4.69, 9.17) is 22.1 Å². The molecule has 0 bridgehead atoms. The second-order valence-electron chi connectivity index (χ2n) is 5.21. The monoisotopic (exact) mass is 483 g/mol. The maximum atomic E-state index is 13.5. The first-order valence-corrected chi connectivity index (χ1v) is 8.40. The van der Waals surface area contributed by atoms with E-state index in [2.05, 4.69) is 0 Å². The van der Waals surface area contributed by atoms with E-state index in [1.165, 1.54) is 43.3 Å². The van der Waals surface area contributed by atoms with Crippen molar-refractivity contribution < 1.29 is 27.8 Å². The number of alkyl halides is 3. The predicted molar refractivity (Wildman–Crippen MR) is 100 cm³/mol. The summed E-state index contributed by atoms with van der Waals surface area (Å²) in [6, 6.07) is 5.63. The van der Waals surface area contributed by atoms with Gasteiger partial charge in [0, 0.05) is 16.2 Å². The van der Waals surface area contributed by atoms with E-state index in [-0.39, 0.29) is 22.7 Å². The van der Waals surface area contributed by atoms with Crippen molar-refractivity contribution in [1.82, 2.24) is 4.90 Å². The number of fused-ring (bicyclic) bond motifs is 1.